The fourth-order valence-electron chi connectivity index (χ4n) is 1.37. The molecule has 0 atom stereocenters. The maximum absolute atomic E-state index is 10.8. The molecule has 1 rings (SSSR count). The van der Waals surface area contributed by atoms with Gasteiger partial charge in [0.15, 0.2) is 0 Å². The highest BCUT2D eigenvalue weighted by molar-refractivity contribution is 7.86. The molecule has 0 amide bonds. The molecule has 0 aromatic heterocycles. The zero-order valence-corrected chi connectivity index (χ0v) is 8.83. The summed E-state index contributed by atoms with van der Waals surface area (Å²) in [5, 5.41) is 16.6. The van der Waals surface area contributed by atoms with Gasteiger partial charge >= 0.3 is 0 Å². The van der Waals surface area contributed by atoms with Crippen LogP contribution in [0.3, 0.4) is 0 Å². The van der Waals surface area contributed by atoms with Crippen molar-refractivity contribution in [3.8, 4) is 0 Å². The molecule has 0 aliphatic carbocycles. The molecule has 0 aromatic rings. The van der Waals surface area contributed by atoms with E-state index >= 15 is 0 Å². The number of hydrogen-bond donors (Lipinski definition) is 3. The number of aliphatic hydroxyl groups excluding tert-OH is 1. The first-order chi connectivity index (χ1) is 6.54. The molecule has 1 aliphatic rings. The smallest absolute Gasteiger partial charge is 0.276 e. The summed E-state index contributed by atoms with van der Waals surface area (Å²) >= 11 is 0. The lowest BCUT2D eigenvalue weighted by atomic mass is 10.0. The molecule has 84 valence electrons. The summed E-state index contributed by atoms with van der Waals surface area (Å²) in [6.07, 6.45) is 0.728. The van der Waals surface area contributed by atoms with Crippen molar-refractivity contribution >= 4 is 10.2 Å². The molecule has 0 aromatic carbocycles. The first kappa shape index (κ1) is 11.9. The number of aliphatic hydroxyl groups is 1. The summed E-state index contributed by atoms with van der Waals surface area (Å²) < 4.78 is 22.8. The molecular formula is C7H17N3O3S. The normalized spacial score (nSPS) is 19.6. The number of nitrogens with one attached hydrogen (secondary N) is 1. The van der Waals surface area contributed by atoms with Gasteiger partial charge in [0.05, 0.1) is 0 Å². The maximum atomic E-state index is 10.8. The van der Waals surface area contributed by atoms with Crippen LogP contribution in [0.2, 0.25) is 0 Å². The van der Waals surface area contributed by atoms with Gasteiger partial charge < -0.3 is 10.4 Å². The Bertz CT molecular complexity index is 261. The molecule has 4 N–H and O–H groups in total. The van der Waals surface area contributed by atoms with Crippen molar-refractivity contribution in [2.75, 3.05) is 32.8 Å². The van der Waals surface area contributed by atoms with Crippen LogP contribution in [0.15, 0.2) is 0 Å². The highest BCUT2D eigenvalue weighted by Crippen LogP contribution is 2.16. The summed E-state index contributed by atoms with van der Waals surface area (Å²) in [7, 11) is -3.47. The molecule has 0 bridgehead atoms. The van der Waals surface area contributed by atoms with Crippen molar-refractivity contribution in [3.63, 3.8) is 0 Å². The van der Waals surface area contributed by atoms with Crippen LogP contribution < -0.4 is 10.5 Å². The molecule has 1 fully saturated rings. The number of nitrogens with zero attached hydrogens (tertiary/aromatic N) is 1. The van der Waals surface area contributed by atoms with Crippen molar-refractivity contribution in [3.05, 3.63) is 0 Å². The summed E-state index contributed by atoms with van der Waals surface area (Å²) in [5.41, 5.74) is 0. The minimum atomic E-state index is -3.47. The second-order valence-electron chi connectivity index (χ2n) is 3.51. The van der Waals surface area contributed by atoms with Crippen LogP contribution in [0.1, 0.15) is 6.42 Å². The van der Waals surface area contributed by atoms with E-state index in [0.717, 1.165) is 19.5 Å². The third kappa shape index (κ3) is 3.50. The molecule has 0 spiro atoms. The van der Waals surface area contributed by atoms with Crippen molar-refractivity contribution in [1.82, 2.24) is 9.62 Å². The van der Waals surface area contributed by atoms with E-state index in [1.54, 1.807) is 0 Å². The Morgan fingerprint density at radius 1 is 1.50 bits per heavy atom. The summed E-state index contributed by atoms with van der Waals surface area (Å²) in [6, 6.07) is 0. The quantitative estimate of drug-likeness (QED) is 0.458. The van der Waals surface area contributed by atoms with Crippen molar-refractivity contribution < 1.29 is 13.5 Å². The van der Waals surface area contributed by atoms with Gasteiger partial charge in [-0.05, 0) is 18.9 Å². The van der Waals surface area contributed by atoms with E-state index in [-0.39, 0.29) is 6.61 Å². The number of nitrogens with two attached hydrogens (primary N) is 1. The predicted molar refractivity (Wildman–Crippen MR) is 52.7 cm³/mol. The molecule has 1 saturated heterocycles. The molecule has 0 unspecified atom stereocenters. The Morgan fingerprint density at radius 3 is 2.64 bits per heavy atom. The minimum Gasteiger partial charge on any atom is -0.396 e. The van der Waals surface area contributed by atoms with Crippen molar-refractivity contribution in [2.45, 2.75) is 6.42 Å². The Kier molecular flexibility index (Phi) is 4.27. The third-order valence-electron chi connectivity index (χ3n) is 2.23. The Labute approximate surface area is 84.3 Å². The maximum Gasteiger partial charge on any atom is 0.276 e. The van der Waals surface area contributed by atoms with Crippen LogP contribution in [0.4, 0.5) is 0 Å². The number of rotatable bonds is 6. The molecule has 1 heterocycles. The van der Waals surface area contributed by atoms with Crippen molar-refractivity contribution in [2.24, 2.45) is 11.1 Å². The lowest BCUT2D eigenvalue weighted by molar-refractivity contribution is 0.194. The average molecular weight is 223 g/mol. The van der Waals surface area contributed by atoms with Crippen LogP contribution in [-0.4, -0.2) is 50.6 Å². The van der Waals surface area contributed by atoms with Crippen LogP contribution in [0.5, 0.6) is 0 Å². The van der Waals surface area contributed by atoms with Crippen LogP contribution in [-0.2, 0) is 10.2 Å². The lowest BCUT2D eigenvalue weighted by Gasteiger charge is -2.36. The fourth-order valence-corrected chi connectivity index (χ4v) is 2.21. The van der Waals surface area contributed by atoms with E-state index < -0.39 is 10.2 Å². The molecule has 14 heavy (non-hydrogen) atoms. The lowest BCUT2D eigenvalue weighted by Crippen LogP contribution is -2.55. The largest absolute Gasteiger partial charge is 0.396 e. The molecule has 1 aliphatic heterocycles. The van der Waals surface area contributed by atoms with Crippen LogP contribution in [0, 0.1) is 5.92 Å². The second kappa shape index (κ2) is 5.04. The van der Waals surface area contributed by atoms with E-state index in [2.05, 4.69) is 5.32 Å². The molecule has 0 radical (unpaired) electrons. The zero-order chi connectivity index (χ0) is 10.6. The first-order valence-corrected chi connectivity index (χ1v) is 6.14. The van der Waals surface area contributed by atoms with E-state index in [0.29, 0.717) is 19.0 Å². The van der Waals surface area contributed by atoms with Gasteiger partial charge in [-0.2, -0.15) is 12.7 Å². The van der Waals surface area contributed by atoms with E-state index in [4.69, 9.17) is 10.2 Å². The molecule has 6 nitrogen and oxygen atoms in total. The van der Waals surface area contributed by atoms with Gasteiger partial charge in [0, 0.05) is 26.2 Å². The second-order valence-corrected chi connectivity index (χ2v) is 5.06. The Balaban J connectivity index is 2.05. The monoisotopic (exact) mass is 223 g/mol. The first-order valence-electron chi connectivity index (χ1n) is 4.63. The van der Waals surface area contributed by atoms with E-state index in [1.807, 2.05) is 0 Å². The van der Waals surface area contributed by atoms with E-state index in [1.165, 1.54) is 4.31 Å². The van der Waals surface area contributed by atoms with Crippen LogP contribution >= 0.6 is 0 Å². The highest BCUT2D eigenvalue weighted by Gasteiger charge is 2.32. The standard InChI is InChI=1S/C7H17N3O3S/c8-14(12,13)10-5-7(6-10)4-9-2-1-3-11/h7,9,11H,1-6H2,(H2,8,12,13). The summed E-state index contributed by atoms with van der Waals surface area (Å²) in [5.74, 6) is 0.354. The SMILES string of the molecule is NS(=O)(=O)N1CC(CNCCCO)C1. The Morgan fingerprint density at radius 2 is 2.14 bits per heavy atom. The summed E-state index contributed by atoms with van der Waals surface area (Å²) in [6.45, 7) is 2.74. The van der Waals surface area contributed by atoms with Gasteiger partial charge in [-0.15, -0.1) is 0 Å². The zero-order valence-electron chi connectivity index (χ0n) is 8.02. The Hall–Kier alpha value is -0.210. The highest BCUT2D eigenvalue weighted by atomic mass is 32.2. The third-order valence-corrected chi connectivity index (χ3v) is 3.25. The van der Waals surface area contributed by atoms with Crippen molar-refractivity contribution in [1.29, 1.82) is 0 Å². The fraction of sp³-hybridized carbons (Fsp3) is 1.00. The predicted octanol–water partition coefficient (Wildman–Crippen LogP) is -1.91. The van der Waals surface area contributed by atoms with Gasteiger partial charge in [-0.1, -0.05) is 0 Å². The average Bonchev–Trinajstić information content (AvgIpc) is 1.98. The van der Waals surface area contributed by atoms with E-state index in [9.17, 15) is 8.42 Å². The number of hydrogen-bond acceptors (Lipinski definition) is 4. The van der Waals surface area contributed by atoms with Gasteiger partial charge in [0.2, 0.25) is 0 Å². The molecule has 0 saturated carbocycles. The van der Waals surface area contributed by atoms with Gasteiger partial charge in [-0.3, -0.25) is 0 Å². The van der Waals surface area contributed by atoms with Gasteiger partial charge in [-0.25, -0.2) is 5.14 Å². The molecular weight excluding hydrogens is 206 g/mol. The topological polar surface area (TPSA) is 95.7 Å². The van der Waals surface area contributed by atoms with Gasteiger partial charge in [0.1, 0.15) is 0 Å². The molecule has 7 heteroatoms. The minimum absolute atomic E-state index is 0.182. The van der Waals surface area contributed by atoms with Gasteiger partial charge in [0.25, 0.3) is 10.2 Å². The van der Waals surface area contributed by atoms with Crippen LogP contribution in [0.25, 0.3) is 0 Å². The summed E-state index contributed by atoms with van der Waals surface area (Å²) in [4.78, 5) is 0.